The monoisotopic (exact) mass is 295 g/mol. The molecule has 21 heavy (non-hydrogen) atoms. The second kappa shape index (κ2) is 5.67. The number of carbonyl (C=O) groups is 2. The number of anilines is 1. The van der Waals surface area contributed by atoms with Gasteiger partial charge < -0.3 is 24.7 Å². The molecule has 1 aromatic rings. The van der Waals surface area contributed by atoms with Gasteiger partial charge in [-0.1, -0.05) is 0 Å². The Morgan fingerprint density at radius 1 is 1.14 bits per heavy atom. The number of piperazine rings is 1. The molecule has 7 heteroatoms. The lowest BCUT2D eigenvalue weighted by atomic mass is 10.2. The normalized spacial score (nSPS) is 16.0. The minimum Gasteiger partial charge on any atom is -0.444 e. The molecule has 0 saturated carbocycles. The van der Waals surface area contributed by atoms with Crippen LogP contribution in [0.4, 0.5) is 10.7 Å². The second-order valence-corrected chi connectivity index (χ2v) is 5.96. The average molecular weight is 295 g/mol. The van der Waals surface area contributed by atoms with Gasteiger partial charge in [-0.15, -0.1) is 0 Å². The molecule has 0 spiro atoms. The van der Waals surface area contributed by atoms with Gasteiger partial charge in [-0.3, -0.25) is 4.79 Å². The Morgan fingerprint density at radius 3 is 2.19 bits per heavy atom. The van der Waals surface area contributed by atoms with Gasteiger partial charge >= 0.3 is 6.09 Å². The van der Waals surface area contributed by atoms with Crippen molar-refractivity contribution in [1.82, 2.24) is 9.80 Å². The largest absolute Gasteiger partial charge is 0.444 e. The first-order chi connectivity index (χ1) is 9.76. The fourth-order valence-corrected chi connectivity index (χ4v) is 2.04. The summed E-state index contributed by atoms with van der Waals surface area (Å²) in [5, 5.41) is 0. The zero-order valence-electron chi connectivity index (χ0n) is 12.6. The van der Waals surface area contributed by atoms with Gasteiger partial charge in [-0.2, -0.15) is 0 Å². The highest BCUT2D eigenvalue weighted by molar-refractivity contribution is 5.92. The molecule has 0 radical (unpaired) electrons. The number of hydrogen-bond acceptors (Lipinski definition) is 5. The van der Waals surface area contributed by atoms with Gasteiger partial charge in [-0.25, -0.2) is 4.79 Å². The number of amides is 2. The fourth-order valence-electron chi connectivity index (χ4n) is 2.04. The summed E-state index contributed by atoms with van der Waals surface area (Å²) in [4.78, 5) is 27.3. The Labute approximate surface area is 123 Å². The highest BCUT2D eigenvalue weighted by Crippen LogP contribution is 2.15. The van der Waals surface area contributed by atoms with Crippen LogP contribution in [0, 0.1) is 0 Å². The van der Waals surface area contributed by atoms with Crippen molar-refractivity contribution >= 4 is 17.9 Å². The Bertz CT molecular complexity index is 525. The van der Waals surface area contributed by atoms with Crippen LogP contribution < -0.4 is 5.73 Å². The molecule has 0 aliphatic carbocycles. The van der Waals surface area contributed by atoms with Crippen LogP contribution in [0.3, 0.4) is 0 Å². The van der Waals surface area contributed by atoms with Crippen LogP contribution in [0.1, 0.15) is 31.3 Å². The molecule has 0 aromatic carbocycles. The van der Waals surface area contributed by atoms with E-state index in [9.17, 15) is 9.59 Å². The fraction of sp³-hybridized carbons (Fsp3) is 0.571. The third-order valence-corrected chi connectivity index (χ3v) is 3.06. The van der Waals surface area contributed by atoms with Crippen LogP contribution in [-0.2, 0) is 4.74 Å². The zero-order valence-corrected chi connectivity index (χ0v) is 12.6. The molecule has 0 unspecified atom stereocenters. The quantitative estimate of drug-likeness (QED) is 0.849. The number of nitrogens with two attached hydrogens (primary N) is 1. The predicted molar refractivity (Wildman–Crippen MR) is 76.8 cm³/mol. The Balaban J connectivity index is 1.88. The van der Waals surface area contributed by atoms with Gasteiger partial charge in [0.1, 0.15) is 5.60 Å². The molecule has 1 aliphatic heterocycles. The second-order valence-electron chi connectivity index (χ2n) is 5.96. The third-order valence-electron chi connectivity index (χ3n) is 3.06. The van der Waals surface area contributed by atoms with Crippen LogP contribution in [0.5, 0.6) is 0 Å². The molecule has 2 amide bonds. The topological polar surface area (TPSA) is 89.0 Å². The molecule has 2 N–H and O–H groups in total. The lowest BCUT2D eigenvalue weighted by Gasteiger charge is -2.35. The molecular formula is C14H21N3O4. The van der Waals surface area contributed by atoms with Crippen LogP contribution >= 0.6 is 0 Å². The molecule has 1 fully saturated rings. The van der Waals surface area contributed by atoms with E-state index >= 15 is 0 Å². The van der Waals surface area contributed by atoms with Gasteiger partial charge in [0.2, 0.25) is 0 Å². The van der Waals surface area contributed by atoms with Crippen molar-refractivity contribution in [1.29, 1.82) is 0 Å². The van der Waals surface area contributed by atoms with Gasteiger partial charge in [0.05, 0.1) is 0 Å². The van der Waals surface area contributed by atoms with Crippen molar-refractivity contribution in [2.45, 2.75) is 26.4 Å². The minimum atomic E-state index is -0.518. The Kier molecular flexibility index (Phi) is 4.11. The molecule has 1 aliphatic rings. The molecular weight excluding hydrogens is 274 g/mol. The number of carbonyl (C=O) groups excluding carboxylic acids is 2. The first kappa shape index (κ1) is 15.2. The summed E-state index contributed by atoms with van der Waals surface area (Å²) in [6.07, 6.45) is -0.350. The van der Waals surface area contributed by atoms with Gasteiger partial charge in [0.15, 0.2) is 11.6 Å². The van der Waals surface area contributed by atoms with Crippen molar-refractivity contribution in [3.8, 4) is 0 Å². The Morgan fingerprint density at radius 2 is 1.71 bits per heavy atom. The molecule has 2 rings (SSSR count). The number of nitrogen functional groups attached to an aromatic ring is 1. The summed E-state index contributed by atoms with van der Waals surface area (Å²) < 4.78 is 10.4. The maximum absolute atomic E-state index is 12.2. The van der Waals surface area contributed by atoms with Crippen molar-refractivity contribution in [2.75, 3.05) is 31.9 Å². The van der Waals surface area contributed by atoms with E-state index in [1.807, 2.05) is 20.8 Å². The van der Waals surface area contributed by atoms with Crippen LogP contribution in [-0.4, -0.2) is 53.6 Å². The maximum Gasteiger partial charge on any atom is 0.410 e. The molecule has 116 valence electrons. The van der Waals surface area contributed by atoms with Crippen molar-refractivity contribution in [3.05, 3.63) is 17.9 Å². The summed E-state index contributed by atoms with van der Waals surface area (Å²) in [5.74, 6) is 0.222. The highest BCUT2D eigenvalue weighted by atomic mass is 16.6. The molecule has 0 bridgehead atoms. The van der Waals surface area contributed by atoms with E-state index in [0.717, 1.165) is 0 Å². The first-order valence-electron chi connectivity index (χ1n) is 6.89. The van der Waals surface area contributed by atoms with Crippen molar-refractivity contribution < 1.29 is 18.7 Å². The highest BCUT2D eigenvalue weighted by Gasteiger charge is 2.28. The van der Waals surface area contributed by atoms with E-state index in [0.29, 0.717) is 26.2 Å². The van der Waals surface area contributed by atoms with Crippen molar-refractivity contribution in [2.24, 2.45) is 0 Å². The zero-order chi connectivity index (χ0) is 15.6. The molecule has 0 atom stereocenters. The number of nitrogens with zero attached hydrogens (tertiary/aromatic N) is 2. The van der Waals surface area contributed by atoms with Crippen LogP contribution in [0.15, 0.2) is 16.5 Å². The molecule has 7 nitrogen and oxygen atoms in total. The number of ether oxygens (including phenoxy) is 1. The molecule has 1 aromatic heterocycles. The van der Waals surface area contributed by atoms with Gasteiger partial charge in [-0.05, 0) is 26.8 Å². The van der Waals surface area contributed by atoms with E-state index in [1.165, 1.54) is 0 Å². The molecule has 1 saturated heterocycles. The number of hydrogen-bond donors (Lipinski definition) is 1. The lowest BCUT2D eigenvalue weighted by molar-refractivity contribution is 0.0137. The van der Waals surface area contributed by atoms with E-state index in [4.69, 9.17) is 14.9 Å². The minimum absolute atomic E-state index is 0.212. The van der Waals surface area contributed by atoms with Crippen LogP contribution in [0.2, 0.25) is 0 Å². The number of rotatable bonds is 1. The predicted octanol–water partition coefficient (Wildman–Crippen LogP) is 1.55. The van der Waals surface area contributed by atoms with E-state index in [2.05, 4.69) is 0 Å². The van der Waals surface area contributed by atoms with Crippen LogP contribution in [0.25, 0.3) is 0 Å². The van der Waals surface area contributed by atoms with Crippen molar-refractivity contribution in [3.63, 3.8) is 0 Å². The SMILES string of the molecule is CC(C)(C)OC(=O)N1CCN(C(=O)c2ccc(N)o2)CC1. The van der Waals surface area contributed by atoms with E-state index in [-0.39, 0.29) is 23.6 Å². The maximum atomic E-state index is 12.2. The Hall–Kier alpha value is -2.18. The lowest BCUT2D eigenvalue weighted by Crippen LogP contribution is -2.51. The summed E-state index contributed by atoms with van der Waals surface area (Å²) in [5.41, 5.74) is 4.94. The smallest absolute Gasteiger partial charge is 0.410 e. The van der Waals surface area contributed by atoms with E-state index < -0.39 is 5.60 Å². The van der Waals surface area contributed by atoms with Gasteiger partial charge in [0.25, 0.3) is 5.91 Å². The summed E-state index contributed by atoms with van der Waals surface area (Å²) in [7, 11) is 0. The first-order valence-corrected chi connectivity index (χ1v) is 6.89. The number of furan rings is 1. The standard InChI is InChI=1S/C14H21N3O4/c1-14(2,3)21-13(19)17-8-6-16(7-9-17)12(18)10-4-5-11(15)20-10/h4-5H,6-9,15H2,1-3H3. The van der Waals surface area contributed by atoms with E-state index in [1.54, 1.807) is 21.9 Å². The molecule has 2 heterocycles. The summed E-state index contributed by atoms with van der Waals surface area (Å²) in [6, 6.07) is 3.10. The average Bonchev–Trinajstić information content (AvgIpc) is 2.83. The summed E-state index contributed by atoms with van der Waals surface area (Å²) in [6.45, 7) is 7.25. The van der Waals surface area contributed by atoms with Gasteiger partial charge in [0, 0.05) is 32.2 Å². The third kappa shape index (κ3) is 3.90. The summed E-state index contributed by atoms with van der Waals surface area (Å²) >= 11 is 0.